The third-order valence-electron chi connectivity index (χ3n) is 5.26. The molecule has 7 nitrogen and oxygen atoms in total. The van der Waals surface area contributed by atoms with E-state index in [-0.39, 0.29) is 18.0 Å². The number of nitrogens with one attached hydrogen (secondary N) is 1. The summed E-state index contributed by atoms with van der Waals surface area (Å²) in [7, 11) is 0. The third kappa shape index (κ3) is 5.62. The van der Waals surface area contributed by atoms with E-state index in [1.165, 1.54) is 18.0 Å². The van der Waals surface area contributed by atoms with Gasteiger partial charge in [0.25, 0.3) is 0 Å². The molecule has 1 aliphatic heterocycles. The molecule has 3 aromatic rings. The summed E-state index contributed by atoms with van der Waals surface area (Å²) in [6.07, 6.45) is 7.65. The van der Waals surface area contributed by atoms with Crippen molar-refractivity contribution in [3.8, 4) is 11.8 Å². The van der Waals surface area contributed by atoms with Crippen LogP contribution in [0, 0.1) is 12.8 Å². The number of hydrogen-bond donors (Lipinski definition) is 1. The normalized spacial score (nSPS) is 17.3. The van der Waals surface area contributed by atoms with Crippen LogP contribution >= 0.6 is 11.6 Å². The van der Waals surface area contributed by atoms with Crippen LogP contribution in [0.2, 0.25) is 5.02 Å². The molecule has 1 aromatic carbocycles. The first-order chi connectivity index (χ1) is 15.5. The number of ether oxygens (including phenoxy) is 1. The topological polar surface area (TPSA) is 80.2 Å². The minimum atomic E-state index is -0.0973. The Morgan fingerprint density at radius 3 is 2.72 bits per heavy atom. The van der Waals surface area contributed by atoms with Crippen LogP contribution in [0.4, 0.5) is 10.5 Å². The summed E-state index contributed by atoms with van der Waals surface area (Å²) < 4.78 is 5.73. The Morgan fingerprint density at radius 1 is 1.19 bits per heavy atom. The van der Waals surface area contributed by atoms with Gasteiger partial charge in [-0.25, -0.2) is 14.8 Å². The van der Waals surface area contributed by atoms with Crippen LogP contribution in [0.3, 0.4) is 0 Å². The van der Waals surface area contributed by atoms with Gasteiger partial charge >= 0.3 is 12.0 Å². The molecule has 1 unspecified atom stereocenters. The van der Waals surface area contributed by atoms with Crippen LogP contribution < -0.4 is 10.1 Å². The minimum Gasteiger partial charge on any atom is -0.424 e. The van der Waals surface area contributed by atoms with Gasteiger partial charge in [-0.2, -0.15) is 0 Å². The Morgan fingerprint density at radius 2 is 2.00 bits per heavy atom. The average Bonchev–Trinajstić information content (AvgIpc) is 2.78. The fourth-order valence-corrected chi connectivity index (χ4v) is 3.63. The number of rotatable bonds is 4. The number of benzene rings is 1. The maximum atomic E-state index is 12.6. The highest BCUT2D eigenvalue weighted by Gasteiger charge is 2.24. The van der Waals surface area contributed by atoms with E-state index >= 15 is 0 Å². The molecule has 8 heteroatoms. The number of amides is 2. The number of nitrogens with zero attached hydrogens (tertiary/aromatic N) is 4. The third-order valence-corrected chi connectivity index (χ3v) is 5.46. The second-order valence-electron chi connectivity index (χ2n) is 7.79. The maximum absolute atomic E-state index is 12.6. The molecule has 1 saturated heterocycles. The first-order valence-corrected chi connectivity index (χ1v) is 10.8. The molecule has 0 aliphatic carbocycles. The molecule has 4 rings (SSSR count). The largest absolute Gasteiger partial charge is 0.424 e. The first-order valence-electron chi connectivity index (χ1n) is 10.4. The smallest absolute Gasteiger partial charge is 0.321 e. The van der Waals surface area contributed by atoms with E-state index in [9.17, 15) is 4.79 Å². The molecule has 0 bridgehead atoms. The number of aromatic nitrogens is 3. The second kappa shape index (κ2) is 9.78. The standard InChI is InChI=1S/C24H24ClN5O2/c1-16-15-30(24(31)29-21-7-6-17(2)26-14-21)9-8-19(16)10-18-4-3-5-22(11-18)32-23-27-12-20(25)13-28-23/h3-7,10-14,16H,8-9,15H2,1-2H3,(H,29,31)/b19-10+. The van der Waals surface area contributed by atoms with Gasteiger partial charge in [0, 0.05) is 18.8 Å². The lowest BCUT2D eigenvalue weighted by atomic mass is 9.91. The van der Waals surface area contributed by atoms with Crippen LogP contribution in [-0.2, 0) is 0 Å². The summed E-state index contributed by atoms with van der Waals surface area (Å²) in [5, 5.41) is 3.39. The van der Waals surface area contributed by atoms with Gasteiger partial charge in [0.1, 0.15) is 5.75 Å². The van der Waals surface area contributed by atoms with Gasteiger partial charge in [-0.15, -0.1) is 0 Å². The molecule has 0 spiro atoms. The number of anilines is 1. The van der Waals surface area contributed by atoms with Crippen molar-refractivity contribution in [3.05, 3.63) is 76.8 Å². The predicted octanol–water partition coefficient (Wildman–Crippen LogP) is 5.58. The molecule has 2 aromatic heterocycles. The molecular weight excluding hydrogens is 426 g/mol. The van der Waals surface area contributed by atoms with Crippen LogP contribution in [-0.4, -0.2) is 39.0 Å². The summed E-state index contributed by atoms with van der Waals surface area (Å²) in [6, 6.07) is 11.7. The SMILES string of the molecule is Cc1ccc(NC(=O)N2CC/C(=C\c3cccc(Oc4ncc(Cl)cn4)c3)C(C)C2)cn1. The van der Waals surface area contributed by atoms with Crippen molar-refractivity contribution in [2.45, 2.75) is 20.3 Å². The van der Waals surface area contributed by atoms with Crippen molar-refractivity contribution in [1.82, 2.24) is 19.9 Å². The maximum Gasteiger partial charge on any atom is 0.321 e. The quantitative estimate of drug-likeness (QED) is 0.562. The van der Waals surface area contributed by atoms with Crippen molar-refractivity contribution in [2.75, 3.05) is 18.4 Å². The van der Waals surface area contributed by atoms with Crippen molar-refractivity contribution >= 4 is 29.4 Å². The van der Waals surface area contributed by atoms with Gasteiger partial charge in [-0.3, -0.25) is 4.98 Å². The van der Waals surface area contributed by atoms with Gasteiger partial charge in [-0.1, -0.05) is 42.3 Å². The summed E-state index contributed by atoms with van der Waals surface area (Å²) in [6.45, 7) is 5.38. The van der Waals surface area contributed by atoms with Gasteiger partial charge in [0.05, 0.1) is 29.3 Å². The highest BCUT2D eigenvalue weighted by molar-refractivity contribution is 6.30. The first kappa shape index (κ1) is 21.8. The zero-order valence-electron chi connectivity index (χ0n) is 18.0. The van der Waals surface area contributed by atoms with Crippen LogP contribution in [0.5, 0.6) is 11.8 Å². The average molecular weight is 450 g/mol. The number of likely N-dealkylation sites (tertiary alicyclic amines) is 1. The number of halogens is 1. The van der Waals surface area contributed by atoms with Crippen LogP contribution in [0.25, 0.3) is 6.08 Å². The van der Waals surface area contributed by atoms with E-state index in [0.29, 0.717) is 29.5 Å². The Kier molecular flexibility index (Phi) is 6.66. The van der Waals surface area contributed by atoms with E-state index in [1.807, 2.05) is 48.2 Å². The Balaban J connectivity index is 1.38. The lowest BCUT2D eigenvalue weighted by Gasteiger charge is -2.33. The number of urea groups is 1. The van der Waals surface area contributed by atoms with Gasteiger partial charge < -0.3 is 15.0 Å². The number of pyridine rings is 1. The summed E-state index contributed by atoms with van der Waals surface area (Å²) in [5.41, 5.74) is 3.95. The minimum absolute atomic E-state index is 0.0973. The zero-order valence-corrected chi connectivity index (χ0v) is 18.7. The molecule has 32 heavy (non-hydrogen) atoms. The highest BCUT2D eigenvalue weighted by atomic mass is 35.5. The van der Waals surface area contributed by atoms with Crippen molar-refractivity contribution < 1.29 is 9.53 Å². The van der Waals surface area contributed by atoms with Crippen LogP contribution in [0.15, 0.2) is 60.6 Å². The van der Waals surface area contributed by atoms with Gasteiger partial charge in [0.2, 0.25) is 0 Å². The second-order valence-corrected chi connectivity index (χ2v) is 8.23. The van der Waals surface area contributed by atoms with Gasteiger partial charge in [0.15, 0.2) is 0 Å². The Labute approximate surface area is 192 Å². The number of hydrogen-bond acceptors (Lipinski definition) is 5. The fourth-order valence-electron chi connectivity index (χ4n) is 3.53. The van der Waals surface area contributed by atoms with E-state index in [2.05, 4.69) is 33.3 Å². The number of aryl methyl sites for hydroxylation is 1. The molecule has 1 aliphatic rings. The van der Waals surface area contributed by atoms with Crippen molar-refractivity contribution in [3.63, 3.8) is 0 Å². The zero-order chi connectivity index (χ0) is 22.5. The lowest BCUT2D eigenvalue weighted by Crippen LogP contribution is -2.42. The van der Waals surface area contributed by atoms with Crippen LogP contribution in [0.1, 0.15) is 24.6 Å². The van der Waals surface area contributed by atoms with E-state index in [4.69, 9.17) is 16.3 Å². The number of carbonyl (C=O) groups is 1. The fraction of sp³-hybridized carbons (Fsp3) is 0.250. The highest BCUT2D eigenvalue weighted by Crippen LogP contribution is 2.27. The monoisotopic (exact) mass is 449 g/mol. The molecule has 1 fully saturated rings. The lowest BCUT2D eigenvalue weighted by molar-refractivity contribution is 0.198. The Bertz CT molecular complexity index is 1120. The molecular formula is C24H24ClN5O2. The molecule has 2 amide bonds. The van der Waals surface area contributed by atoms with Gasteiger partial charge in [-0.05, 0) is 49.1 Å². The molecule has 0 radical (unpaired) electrons. The summed E-state index contributed by atoms with van der Waals surface area (Å²) in [4.78, 5) is 26.8. The molecule has 1 atom stereocenters. The molecule has 1 N–H and O–H groups in total. The molecule has 164 valence electrons. The number of carbonyl (C=O) groups excluding carboxylic acids is 1. The van der Waals surface area contributed by atoms with Crippen molar-refractivity contribution in [1.29, 1.82) is 0 Å². The predicted molar refractivity (Wildman–Crippen MR) is 125 cm³/mol. The Hall–Kier alpha value is -3.45. The van der Waals surface area contributed by atoms with E-state index < -0.39 is 0 Å². The van der Waals surface area contributed by atoms with Crippen molar-refractivity contribution in [2.24, 2.45) is 5.92 Å². The summed E-state index contributed by atoms with van der Waals surface area (Å²) >= 11 is 5.82. The van der Waals surface area contributed by atoms with E-state index in [1.54, 1.807) is 6.20 Å². The number of piperidine rings is 1. The summed E-state index contributed by atoms with van der Waals surface area (Å²) in [5.74, 6) is 0.896. The molecule has 0 saturated carbocycles. The molecule has 3 heterocycles. The van der Waals surface area contributed by atoms with E-state index in [0.717, 1.165) is 17.7 Å².